The number of nitrogens with zero attached hydrogens (tertiary/aromatic N) is 2. The van der Waals surface area contributed by atoms with Crippen LogP contribution < -0.4 is 10.6 Å². The van der Waals surface area contributed by atoms with E-state index in [2.05, 4.69) is 17.6 Å². The smallest absolute Gasteiger partial charge is 0.0145 e. The third-order valence-corrected chi connectivity index (χ3v) is 0.922. The van der Waals surface area contributed by atoms with Crippen molar-refractivity contribution in [2.45, 2.75) is 13.3 Å². The molecule has 0 unspecified atom stereocenters. The van der Waals surface area contributed by atoms with E-state index in [9.17, 15) is 0 Å². The Morgan fingerprint density at radius 3 is 2.50 bits per heavy atom. The van der Waals surface area contributed by atoms with Crippen LogP contribution in [-0.4, -0.2) is 26.7 Å². The second-order valence-electron chi connectivity index (χ2n) is 1.66. The standard InChI is InChI=1S/C6H14N2/c1-3-8-6-4-5-7-2/h3-6H2,1-2H3. The molecule has 0 aliphatic heterocycles. The summed E-state index contributed by atoms with van der Waals surface area (Å²) in [6.07, 6.45) is 1.12. The van der Waals surface area contributed by atoms with Crippen LogP contribution in [0.2, 0.25) is 0 Å². The molecular formula is C6H14N2. The normalized spacial score (nSPS) is 9.75. The van der Waals surface area contributed by atoms with Crippen molar-refractivity contribution in [2.75, 3.05) is 26.7 Å². The third-order valence-electron chi connectivity index (χ3n) is 0.922. The largest absolute Gasteiger partial charge is 0.245 e. The molecule has 0 aliphatic carbocycles. The summed E-state index contributed by atoms with van der Waals surface area (Å²) in [5.41, 5.74) is 0. The summed E-state index contributed by atoms with van der Waals surface area (Å²) in [6, 6.07) is 0. The van der Waals surface area contributed by atoms with Crippen LogP contribution in [0.1, 0.15) is 13.3 Å². The van der Waals surface area contributed by atoms with Crippen LogP contribution in [0.25, 0.3) is 0 Å². The monoisotopic (exact) mass is 114 g/mol. The van der Waals surface area contributed by atoms with Gasteiger partial charge in [0.15, 0.2) is 0 Å². The highest BCUT2D eigenvalue weighted by Crippen LogP contribution is 1.72. The van der Waals surface area contributed by atoms with Gasteiger partial charge in [0.1, 0.15) is 0 Å². The molecule has 0 saturated carbocycles. The molecule has 0 N–H and O–H groups in total. The van der Waals surface area contributed by atoms with Crippen LogP contribution in [-0.2, 0) is 0 Å². The molecule has 0 amide bonds. The minimum absolute atomic E-state index is 0.948. The summed E-state index contributed by atoms with van der Waals surface area (Å²) in [4.78, 5) is 0. The maximum atomic E-state index is 4.15. The lowest BCUT2D eigenvalue weighted by Crippen LogP contribution is -2.10. The number of rotatable bonds is 5. The first-order valence-corrected chi connectivity index (χ1v) is 3.10. The fraction of sp³-hybridized carbons (Fsp3) is 1.00. The summed E-state index contributed by atoms with van der Waals surface area (Å²) >= 11 is 0. The van der Waals surface area contributed by atoms with E-state index in [0.717, 1.165) is 26.1 Å². The van der Waals surface area contributed by atoms with Crippen molar-refractivity contribution >= 4 is 0 Å². The summed E-state index contributed by atoms with van der Waals surface area (Å²) in [7, 11) is 1.84. The van der Waals surface area contributed by atoms with Gasteiger partial charge in [-0.15, -0.1) is 0 Å². The molecule has 0 heterocycles. The molecule has 0 aromatic carbocycles. The van der Waals surface area contributed by atoms with Crippen molar-refractivity contribution in [1.29, 1.82) is 0 Å². The van der Waals surface area contributed by atoms with E-state index < -0.39 is 0 Å². The Hall–Kier alpha value is -0.0800. The van der Waals surface area contributed by atoms with Crippen LogP contribution >= 0.6 is 0 Å². The molecular weight excluding hydrogens is 100 g/mol. The lowest BCUT2D eigenvalue weighted by Gasteiger charge is -1.95. The molecule has 0 fully saturated rings. The fourth-order valence-electron chi connectivity index (χ4n) is 0.499. The van der Waals surface area contributed by atoms with Crippen LogP contribution in [0.3, 0.4) is 0 Å². The van der Waals surface area contributed by atoms with E-state index in [-0.39, 0.29) is 0 Å². The molecule has 0 aromatic heterocycles. The van der Waals surface area contributed by atoms with Gasteiger partial charge in [0, 0.05) is 26.7 Å². The molecule has 0 aliphatic rings. The SMILES string of the molecule is CC[N]CCC[N]C. The summed E-state index contributed by atoms with van der Waals surface area (Å²) in [5.74, 6) is 0. The highest BCUT2D eigenvalue weighted by Gasteiger charge is 1.83. The first kappa shape index (κ1) is 7.92. The van der Waals surface area contributed by atoms with Crippen molar-refractivity contribution < 1.29 is 0 Å². The Morgan fingerprint density at radius 2 is 2.00 bits per heavy atom. The summed E-state index contributed by atoms with van der Waals surface area (Å²) < 4.78 is 0. The van der Waals surface area contributed by atoms with Gasteiger partial charge >= 0.3 is 0 Å². The van der Waals surface area contributed by atoms with Crippen molar-refractivity contribution in [3.8, 4) is 0 Å². The Kier molecular flexibility index (Phi) is 6.85. The lowest BCUT2D eigenvalue weighted by molar-refractivity contribution is 0.628. The molecule has 8 heavy (non-hydrogen) atoms. The topological polar surface area (TPSA) is 28.2 Å². The Balaban J connectivity index is 2.53. The van der Waals surface area contributed by atoms with Crippen LogP contribution in [0.5, 0.6) is 0 Å². The third kappa shape index (κ3) is 5.92. The average molecular weight is 114 g/mol. The van der Waals surface area contributed by atoms with E-state index in [1.165, 1.54) is 0 Å². The highest BCUT2D eigenvalue weighted by atomic mass is 14.9. The second-order valence-corrected chi connectivity index (χ2v) is 1.66. The summed E-state index contributed by atoms with van der Waals surface area (Å²) in [6.45, 7) is 4.95. The molecule has 2 radical (unpaired) electrons. The minimum atomic E-state index is 0.948. The molecule has 0 aromatic rings. The molecule has 2 nitrogen and oxygen atoms in total. The average Bonchev–Trinajstić information content (AvgIpc) is 1.81. The zero-order chi connectivity index (χ0) is 6.24. The van der Waals surface area contributed by atoms with Crippen LogP contribution in [0, 0.1) is 0 Å². The number of hydrogen-bond acceptors (Lipinski definition) is 0. The molecule has 0 spiro atoms. The van der Waals surface area contributed by atoms with Gasteiger partial charge in [-0.2, -0.15) is 0 Å². The van der Waals surface area contributed by atoms with Crippen molar-refractivity contribution in [2.24, 2.45) is 0 Å². The van der Waals surface area contributed by atoms with E-state index in [4.69, 9.17) is 0 Å². The van der Waals surface area contributed by atoms with E-state index in [1.54, 1.807) is 0 Å². The van der Waals surface area contributed by atoms with E-state index in [1.807, 2.05) is 7.05 Å². The predicted molar refractivity (Wildman–Crippen MR) is 35.1 cm³/mol. The molecule has 2 heteroatoms. The predicted octanol–water partition coefficient (Wildman–Crippen LogP) is 0.235. The van der Waals surface area contributed by atoms with Gasteiger partial charge in [0.25, 0.3) is 0 Å². The first-order valence-electron chi connectivity index (χ1n) is 3.10. The van der Waals surface area contributed by atoms with Crippen molar-refractivity contribution in [3.05, 3.63) is 0 Å². The molecule has 48 valence electrons. The fourth-order valence-corrected chi connectivity index (χ4v) is 0.499. The van der Waals surface area contributed by atoms with Gasteiger partial charge in [-0.1, -0.05) is 6.92 Å². The molecule has 0 saturated heterocycles. The first-order chi connectivity index (χ1) is 3.91. The van der Waals surface area contributed by atoms with Gasteiger partial charge < -0.3 is 0 Å². The Morgan fingerprint density at radius 1 is 1.25 bits per heavy atom. The number of hydrogen-bond donors (Lipinski definition) is 0. The molecule has 0 bridgehead atoms. The second kappa shape index (κ2) is 6.92. The molecule has 0 atom stereocenters. The Bertz CT molecular complexity index is 31.5. The van der Waals surface area contributed by atoms with Crippen molar-refractivity contribution in [1.82, 2.24) is 10.6 Å². The van der Waals surface area contributed by atoms with Crippen LogP contribution in [0.4, 0.5) is 0 Å². The van der Waals surface area contributed by atoms with Crippen molar-refractivity contribution in [3.63, 3.8) is 0 Å². The zero-order valence-electron chi connectivity index (χ0n) is 5.72. The van der Waals surface area contributed by atoms with Gasteiger partial charge in [0.05, 0.1) is 0 Å². The van der Waals surface area contributed by atoms with Gasteiger partial charge in [-0.3, -0.25) is 0 Å². The van der Waals surface area contributed by atoms with E-state index >= 15 is 0 Å². The van der Waals surface area contributed by atoms with Gasteiger partial charge in [-0.25, -0.2) is 10.6 Å². The zero-order valence-corrected chi connectivity index (χ0v) is 5.72. The van der Waals surface area contributed by atoms with E-state index in [0.29, 0.717) is 0 Å². The lowest BCUT2D eigenvalue weighted by atomic mass is 10.4. The van der Waals surface area contributed by atoms with Crippen LogP contribution in [0.15, 0.2) is 0 Å². The maximum Gasteiger partial charge on any atom is 0.0145 e. The Labute approximate surface area is 51.7 Å². The quantitative estimate of drug-likeness (QED) is 0.458. The molecule has 0 rings (SSSR count). The maximum absolute atomic E-state index is 4.15. The highest BCUT2D eigenvalue weighted by molar-refractivity contribution is 4.44. The minimum Gasteiger partial charge on any atom is -0.245 e. The summed E-state index contributed by atoms with van der Waals surface area (Å²) in [5, 5.41) is 8.10. The van der Waals surface area contributed by atoms with Gasteiger partial charge in [-0.05, 0) is 6.42 Å². The van der Waals surface area contributed by atoms with Gasteiger partial charge in [0.2, 0.25) is 0 Å².